The molecule has 1 aromatic rings. The van der Waals surface area contributed by atoms with Crippen LogP contribution in [0.2, 0.25) is 0 Å². The number of aromatic nitrogens is 3. The van der Waals surface area contributed by atoms with Gasteiger partial charge in [-0.25, -0.2) is 0 Å². The second-order valence-electron chi connectivity index (χ2n) is 6.77. The summed E-state index contributed by atoms with van der Waals surface area (Å²) in [6, 6.07) is 0.519. The van der Waals surface area contributed by atoms with E-state index in [0.29, 0.717) is 12.0 Å². The van der Waals surface area contributed by atoms with Crippen LogP contribution in [0, 0.1) is 12.8 Å². The Morgan fingerprint density at radius 2 is 1.86 bits per heavy atom. The predicted molar refractivity (Wildman–Crippen MR) is 81.8 cm³/mol. The maximum Gasteiger partial charge on any atom is 0.146 e. The van der Waals surface area contributed by atoms with Gasteiger partial charge in [0.1, 0.15) is 11.6 Å². The zero-order chi connectivity index (χ0) is 14.8. The van der Waals surface area contributed by atoms with Crippen molar-refractivity contribution in [2.24, 2.45) is 13.0 Å². The largest absolute Gasteiger partial charge is 0.393 e. The summed E-state index contributed by atoms with van der Waals surface area (Å²) in [6.45, 7) is 3.99. The van der Waals surface area contributed by atoms with E-state index in [4.69, 9.17) is 0 Å². The molecule has 3 rings (SSSR count). The number of aliphatic hydroxyl groups excluding tert-OH is 1. The van der Waals surface area contributed by atoms with Crippen LogP contribution in [0.1, 0.15) is 56.6 Å². The molecule has 1 saturated heterocycles. The fourth-order valence-corrected chi connectivity index (χ4v) is 4.06. The molecule has 2 fully saturated rings. The molecule has 1 aromatic heterocycles. The molecule has 1 saturated carbocycles. The lowest BCUT2D eigenvalue weighted by atomic mass is 9.78. The molecule has 0 aromatic carbocycles. The fraction of sp³-hybridized carbons (Fsp3) is 0.875. The Morgan fingerprint density at radius 1 is 1.10 bits per heavy atom. The van der Waals surface area contributed by atoms with E-state index in [1.54, 1.807) is 0 Å². The van der Waals surface area contributed by atoms with Gasteiger partial charge >= 0.3 is 0 Å². The first kappa shape index (κ1) is 15.0. The molecule has 2 heterocycles. The third kappa shape index (κ3) is 3.14. The van der Waals surface area contributed by atoms with Crippen LogP contribution in [0.4, 0.5) is 0 Å². The van der Waals surface area contributed by atoms with Crippen molar-refractivity contribution >= 4 is 0 Å². The van der Waals surface area contributed by atoms with Gasteiger partial charge < -0.3 is 9.67 Å². The first-order chi connectivity index (χ1) is 10.2. The fourth-order valence-electron chi connectivity index (χ4n) is 4.06. The van der Waals surface area contributed by atoms with Gasteiger partial charge in [0.15, 0.2) is 0 Å². The highest BCUT2D eigenvalue weighted by molar-refractivity contribution is 4.96. The van der Waals surface area contributed by atoms with Gasteiger partial charge in [0.05, 0.1) is 12.6 Å². The highest BCUT2D eigenvalue weighted by Gasteiger charge is 2.35. The minimum atomic E-state index is -0.106. The summed E-state index contributed by atoms with van der Waals surface area (Å²) in [7, 11) is 2.04. The molecular formula is C16H28N4O. The lowest BCUT2D eigenvalue weighted by Gasteiger charge is -2.43. The van der Waals surface area contributed by atoms with Crippen molar-refractivity contribution in [2.75, 3.05) is 6.54 Å². The molecule has 5 nitrogen and oxygen atoms in total. The van der Waals surface area contributed by atoms with Gasteiger partial charge in [0.25, 0.3) is 0 Å². The number of hydrogen-bond donors (Lipinski definition) is 1. The normalized spacial score (nSPS) is 31.5. The van der Waals surface area contributed by atoms with Crippen LogP contribution < -0.4 is 0 Å². The van der Waals surface area contributed by atoms with E-state index < -0.39 is 0 Å². The number of aryl methyl sites for hydroxylation is 1. The van der Waals surface area contributed by atoms with Crippen LogP contribution in [0.15, 0.2) is 0 Å². The Labute approximate surface area is 127 Å². The van der Waals surface area contributed by atoms with Gasteiger partial charge in [-0.15, -0.1) is 10.2 Å². The maximum atomic E-state index is 10.4. The van der Waals surface area contributed by atoms with Gasteiger partial charge in [0, 0.05) is 19.0 Å². The zero-order valence-corrected chi connectivity index (χ0v) is 13.3. The molecule has 3 atom stereocenters. The average molecular weight is 292 g/mol. The lowest BCUT2D eigenvalue weighted by Crippen LogP contribution is -2.48. The summed E-state index contributed by atoms with van der Waals surface area (Å²) in [5.41, 5.74) is 0. The summed E-state index contributed by atoms with van der Waals surface area (Å²) in [5, 5.41) is 18.9. The van der Waals surface area contributed by atoms with E-state index in [1.807, 2.05) is 14.0 Å². The van der Waals surface area contributed by atoms with Crippen LogP contribution >= 0.6 is 0 Å². The number of aliphatic hydroxyl groups is 1. The zero-order valence-electron chi connectivity index (χ0n) is 13.3. The Hall–Kier alpha value is -0.940. The Morgan fingerprint density at radius 3 is 2.57 bits per heavy atom. The van der Waals surface area contributed by atoms with E-state index in [9.17, 15) is 5.11 Å². The number of hydrogen-bond acceptors (Lipinski definition) is 4. The molecule has 118 valence electrons. The van der Waals surface area contributed by atoms with Gasteiger partial charge in [-0.05, 0) is 39.2 Å². The highest BCUT2D eigenvalue weighted by Crippen LogP contribution is 2.34. The van der Waals surface area contributed by atoms with Crippen molar-refractivity contribution in [3.8, 4) is 0 Å². The standard InChI is InChI=1S/C16H28N4O/c1-12-17-18-16(19(12)2)11-20-10-6-5-8-14(20)13-7-3-4-9-15(13)21/h13-15,21H,3-11H2,1-2H3. The summed E-state index contributed by atoms with van der Waals surface area (Å²) in [5.74, 6) is 2.47. The van der Waals surface area contributed by atoms with Crippen LogP contribution in [-0.4, -0.2) is 43.5 Å². The Balaban J connectivity index is 1.73. The van der Waals surface area contributed by atoms with Gasteiger partial charge in [-0.1, -0.05) is 19.3 Å². The number of nitrogens with zero attached hydrogens (tertiary/aromatic N) is 4. The minimum absolute atomic E-state index is 0.106. The topological polar surface area (TPSA) is 54.2 Å². The van der Waals surface area contributed by atoms with E-state index in [0.717, 1.165) is 31.2 Å². The van der Waals surface area contributed by atoms with Gasteiger partial charge in [-0.2, -0.15) is 0 Å². The smallest absolute Gasteiger partial charge is 0.146 e. The predicted octanol–water partition coefficient (Wildman–Crippen LogP) is 2.03. The summed E-state index contributed by atoms with van der Waals surface area (Å²) in [4.78, 5) is 2.55. The first-order valence-corrected chi connectivity index (χ1v) is 8.44. The maximum absolute atomic E-state index is 10.4. The minimum Gasteiger partial charge on any atom is -0.393 e. The van der Waals surface area contributed by atoms with E-state index in [2.05, 4.69) is 19.7 Å². The first-order valence-electron chi connectivity index (χ1n) is 8.44. The van der Waals surface area contributed by atoms with Gasteiger partial charge in [0.2, 0.25) is 0 Å². The van der Waals surface area contributed by atoms with Crippen LogP contribution in [-0.2, 0) is 13.6 Å². The molecular weight excluding hydrogens is 264 g/mol. The molecule has 5 heteroatoms. The quantitative estimate of drug-likeness (QED) is 0.926. The van der Waals surface area contributed by atoms with Crippen molar-refractivity contribution in [3.05, 3.63) is 11.6 Å². The van der Waals surface area contributed by atoms with Crippen molar-refractivity contribution in [2.45, 2.75) is 70.6 Å². The molecule has 1 N–H and O–H groups in total. The third-order valence-electron chi connectivity index (χ3n) is 5.47. The monoisotopic (exact) mass is 292 g/mol. The molecule has 0 radical (unpaired) electrons. The second kappa shape index (κ2) is 6.44. The van der Waals surface area contributed by atoms with Crippen molar-refractivity contribution in [3.63, 3.8) is 0 Å². The van der Waals surface area contributed by atoms with Crippen molar-refractivity contribution in [1.29, 1.82) is 0 Å². The molecule has 1 aliphatic heterocycles. The molecule has 1 aliphatic carbocycles. The molecule has 3 unspecified atom stereocenters. The summed E-state index contributed by atoms with van der Waals surface area (Å²) in [6.07, 6.45) is 8.29. The Kier molecular flexibility index (Phi) is 4.60. The van der Waals surface area contributed by atoms with Crippen LogP contribution in [0.25, 0.3) is 0 Å². The van der Waals surface area contributed by atoms with Crippen LogP contribution in [0.5, 0.6) is 0 Å². The Bertz CT molecular complexity index is 473. The average Bonchev–Trinajstić information content (AvgIpc) is 2.81. The van der Waals surface area contributed by atoms with E-state index >= 15 is 0 Å². The number of likely N-dealkylation sites (tertiary alicyclic amines) is 1. The second-order valence-corrected chi connectivity index (χ2v) is 6.77. The molecule has 21 heavy (non-hydrogen) atoms. The third-order valence-corrected chi connectivity index (χ3v) is 5.47. The summed E-state index contributed by atoms with van der Waals surface area (Å²) < 4.78 is 2.09. The SMILES string of the molecule is Cc1nnc(CN2CCCCC2C2CCCCC2O)n1C. The molecule has 0 bridgehead atoms. The van der Waals surface area contributed by atoms with Crippen LogP contribution in [0.3, 0.4) is 0 Å². The molecule has 2 aliphatic rings. The van der Waals surface area contributed by atoms with E-state index in [-0.39, 0.29) is 6.10 Å². The van der Waals surface area contributed by atoms with E-state index in [1.165, 1.54) is 38.5 Å². The van der Waals surface area contributed by atoms with Gasteiger partial charge in [-0.3, -0.25) is 4.90 Å². The summed E-state index contributed by atoms with van der Waals surface area (Å²) >= 11 is 0. The lowest BCUT2D eigenvalue weighted by molar-refractivity contribution is -0.00974. The highest BCUT2D eigenvalue weighted by atomic mass is 16.3. The number of piperidine rings is 1. The molecule has 0 spiro atoms. The van der Waals surface area contributed by atoms with Crippen molar-refractivity contribution < 1.29 is 5.11 Å². The molecule has 0 amide bonds. The van der Waals surface area contributed by atoms with Crippen molar-refractivity contribution in [1.82, 2.24) is 19.7 Å². The number of rotatable bonds is 3.